The topological polar surface area (TPSA) is 107 Å². The van der Waals surface area contributed by atoms with Crippen molar-refractivity contribution < 1.29 is 28.3 Å². The van der Waals surface area contributed by atoms with E-state index < -0.39 is 0 Å². The molecule has 0 saturated carbocycles. The fourth-order valence-corrected chi connectivity index (χ4v) is 17.2. The predicted octanol–water partition coefficient (Wildman–Crippen LogP) is 30.1. The normalized spacial score (nSPS) is 12.9. The number of benzene rings is 6. The molecular weight excluding hydrogens is 1670 g/mol. The Labute approximate surface area is 696 Å². The number of ether oxygens (including phenoxy) is 4. The molecule has 0 unspecified atom stereocenters. The van der Waals surface area contributed by atoms with Crippen LogP contribution in [0.15, 0.2) is 180 Å². The molecule has 6 aromatic carbocycles. The van der Waals surface area contributed by atoms with Crippen molar-refractivity contribution in [2.45, 2.75) is 228 Å². The molecular formula is C91H111BBr4N4O6S3. The minimum absolute atomic E-state index is 0. The van der Waals surface area contributed by atoms with Crippen LogP contribution in [0.4, 0.5) is 0 Å². The van der Waals surface area contributed by atoms with Crippen LogP contribution in [0.25, 0.3) is 88.0 Å². The Morgan fingerprint density at radius 1 is 0.339 bits per heavy atom. The second-order valence-corrected chi connectivity index (χ2v) is 36.4. The van der Waals surface area contributed by atoms with E-state index in [1.54, 1.807) is 34.0 Å². The van der Waals surface area contributed by atoms with E-state index in [1.807, 2.05) is 53.9 Å². The third-order valence-corrected chi connectivity index (χ3v) is 25.3. The van der Waals surface area contributed by atoms with E-state index in [-0.39, 0.29) is 25.7 Å². The van der Waals surface area contributed by atoms with Crippen LogP contribution in [0.2, 0.25) is 0 Å². The average Bonchev–Trinajstić information content (AvgIpc) is 1.25. The summed E-state index contributed by atoms with van der Waals surface area (Å²) in [6.07, 6.45) is 30.0. The monoisotopic (exact) mass is 1780 g/mol. The van der Waals surface area contributed by atoms with Gasteiger partial charge in [-0.25, -0.2) is 19.9 Å². The number of thiophene rings is 3. The molecule has 1 aliphatic rings. The fraction of sp³-hybridized carbons (Fsp3) is 0.429. The molecule has 109 heavy (non-hydrogen) atoms. The van der Waals surface area contributed by atoms with Crippen LogP contribution in [0.5, 0.6) is 23.0 Å². The molecule has 11 aromatic rings. The largest absolute Gasteiger partial charge is 0.505 e. The van der Waals surface area contributed by atoms with E-state index >= 15 is 0 Å². The average molecular weight is 1780 g/mol. The molecule has 12 rings (SSSR count). The molecule has 10 nitrogen and oxygen atoms in total. The lowest BCUT2D eigenvalue weighted by atomic mass is 9.88. The molecule has 0 spiro atoms. The molecule has 1 aliphatic heterocycles. The minimum atomic E-state index is -0.234. The maximum Gasteiger partial charge on any atom is 0.505 e. The van der Waals surface area contributed by atoms with Crippen molar-refractivity contribution in [2.24, 2.45) is 0 Å². The first kappa shape index (κ1) is 87.2. The number of hydrogen-bond donors (Lipinski definition) is 0. The van der Waals surface area contributed by atoms with Crippen LogP contribution in [-0.2, 0) is 9.31 Å². The second-order valence-electron chi connectivity index (χ2n) is 28.8. The molecule has 0 bridgehead atoms. The van der Waals surface area contributed by atoms with E-state index in [0.717, 1.165) is 184 Å². The highest BCUT2D eigenvalue weighted by atomic mass is 79.9. The van der Waals surface area contributed by atoms with Crippen LogP contribution in [0.1, 0.15) is 217 Å². The van der Waals surface area contributed by atoms with Crippen LogP contribution in [0.3, 0.4) is 0 Å². The summed E-state index contributed by atoms with van der Waals surface area (Å²) in [5, 5.41) is 2.04. The van der Waals surface area contributed by atoms with E-state index in [9.17, 15) is 0 Å². The first-order valence-electron chi connectivity index (χ1n) is 39.4. The van der Waals surface area contributed by atoms with Gasteiger partial charge in [-0.3, -0.25) is 0 Å². The second kappa shape index (κ2) is 45.2. The highest BCUT2D eigenvalue weighted by molar-refractivity contribution is 9.11. The van der Waals surface area contributed by atoms with Crippen molar-refractivity contribution in [2.75, 3.05) is 26.4 Å². The number of hydrogen-bond acceptors (Lipinski definition) is 13. The number of aromatic nitrogens is 4. The molecule has 0 amide bonds. The van der Waals surface area contributed by atoms with Crippen LogP contribution < -0.4 is 23.7 Å². The Hall–Kier alpha value is -5.80. The maximum atomic E-state index is 6.16. The van der Waals surface area contributed by atoms with Crippen molar-refractivity contribution in [3.8, 4) is 88.9 Å². The van der Waals surface area contributed by atoms with Gasteiger partial charge in [0.05, 0.1) is 79.0 Å². The van der Waals surface area contributed by atoms with Gasteiger partial charge in [0.15, 0.2) is 0 Å². The van der Waals surface area contributed by atoms with Gasteiger partial charge in [-0.05, 0) is 256 Å². The van der Waals surface area contributed by atoms with Gasteiger partial charge in [0.1, 0.15) is 34.0 Å². The number of fused-ring (bicyclic) bond motifs is 2. The molecule has 18 heteroatoms. The van der Waals surface area contributed by atoms with E-state index in [1.165, 1.54) is 128 Å². The fourth-order valence-electron chi connectivity index (χ4n) is 12.8. The van der Waals surface area contributed by atoms with E-state index in [2.05, 4.69) is 228 Å². The SMILES string of the molecule is C.CC1(C)OB(c2cccs2)OC1(C)C.CCCCCCCCOc1ccc(-c2nc3c(-c4ccc(Br)s4)ccc(-c4ccc(Br)s4)c3nc2-c2ccc(OCCCCCCCC)cc2)cc1.CCCCCCCCOc1ccc(-c2nc3c(Br)ccc(Br)c3nc2-c2ccc(OCCCCCCCC)cc2)cc1. The first-order valence-corrected chi connectivity index (χ1v) is 45.1. The number of nitrogens with zero attached hydrogens (tertiary/aromatic N) is 4. The van der Waals surface area contributed by atoms with Crippen molar-refractivity contribution in [3.63, 3.8) is 0 Å². The lowest BCUT2D eigenvalue weighted by Gasteiger charge is -2.32. The standard InChI is InChI=1S/C44H48Br2N2O2S2.C36H44Br2N2O2.C10H15BO2S.CH4/c1-3-5-7-9-11-13-29-49-33-19-15-31(16-20-33)41-42(32-17-21-34(22-18-32)50-30-14-12-10-8-6-4-2)48-44-36(38-26-28-40(46)52-38)24-23-35(43(44)47-41)37-25-27-39(45)51-37;1-3-5-7-9-11-13-25-41-29-19-15-27(16-20-29)33-34(40-36-32(38)24-23-31(37)35(36)39-33)28-17-21-30(22-18-28)42-26-14-12-10-8-6-4-2;1-9(2)10(3,4)13-11(12-9)8-6-5-7-14-8;/h15-28H,3-14,29-30H2,1-2H3;15-24H,3-14,25-26H2,1-2H3;5-7H,1-4H3;1H4. The summed E-state index contributed by atoms with van der Waals surface area (Å²) >= 11 is 19.8. The Morgan fingerprint density at radius 3 is 0.890 bits per heavy atom. The van der Waals surface area contributed by atoms with Gasteiger partial charge in [0, 0.05) is 56.9 Å². The summed E-state index contributed by atoms with van der Waals surface area (Å²) in [6, 6.07) is 54.2. The zero-order valence-corrected chi connectivity index (χ0v) is 73.2. The Kier molecular flexibility index (Phi) is 36.1. The van der Waals surface area contributed by atoms with E-state index in [0.29, 0.717) is 0 Å². The first-order chi connectivity index (χ1) is 52.6. The van der Waals surface area contributed by atoms with Crippen LogP contribution in [-0.4, -0.2) is 64.7 Å². The molecule has 5 aromatic heterocycles. The molecule has 1 saturated heterocycles. The van der Waals surface area contributed by atoms with Crippen molar-refractivity contribution in [3.05, 3.63) is 180 Å². The molecule has 0 aliphatic carbocycles. The number of halogens is 4. The summed E-state index contributed by atoms with van der Waals surface area (Å²) in [7, 11) is -0.194. The molecule has 580 valence electrons. The smallest absolute Gasteiger partial charge is 0.494 e. The Balaban J connectivity index is 0.000000214. The summed E-state index contributed by atoms with van der Waals surface area (Å²) in [5.74, 6) is 3.54. The minimum Gasteiger partial charge on any atom is -0.494 e. The van der Waals surface area contributed by atoms with Crippen molar-refractivity contribution in [1.29, 1.82) is 0 Å². The molecule has 1 fully saturated rings. The molecule has 0 atom stereocenters. The zero-order chi connectivity index (χ0) is 76.1. The third-order valence-electron chi connectivity index (χ3n) is 19.8. The summed E-state index contributed by atoms with van der Waals surface area (Å²) in [4.78, 5) is 23.6. The summed E-state index contributed by atoms with van der Waals surface area (Å²) < 4.78 is 41.3. The Bertz CT molecular complexity index is 4230. The summed E-state index contributed by atoms with van der Waals surface area (Å²) in [6.45, 7) is 20.3. The van der Waals surface area contributed by atoms with Gasteiger partial charge >= 0.3 is 7.12 Å². The molecule has 6 heterocycles. The maximum absolute atomic E-state index is 6.16. The quantitative estimate of drug-likeness (QED) is 0.0273. The predicted molar refractivity (Wildman–Crippen MR) is 480 cm³/mol. The zero-order valence-electron chi connectivity index (χ0n) is 64.4. The Morgan fingerprint density at radius 2 is 0.624 bits per heavy atom. The van der Waals surface area contributed by atoms with Gasteiger partial charge in [-0.15, -0.1) is 22.7 Å². The van der Waals surface area contributed by atoms with Crippen molar-refractivity contribution >= 4 is 132 Å². The van der Waals surface area contributed by atoms with Gasteiger partial charge in [0.25, 0.3) is 0 Å². The van der Waals surface area contributed by atoms with Crippen LogP contribution in [0, 0.1) is 0 Å². The van der Waals surface area contributed by atoms with E-state index in [4.69, 9.17) is 48.2 Å². The lowest BCUT2D eigenvalue weighted by Crippen LogP contribution is -2.41. The summed E-state index contributed by atoms with van der Waals surface area (Å²) in [5.41, 5.74) is 12.5. The highest BCUT2D eigenvalue weighted by Crippen LogP contribution is 2.45. The van der Waals surface area contributed by atoms with Crippen molar-refractivity contribution in [1.82, 2.24) is 19.9 Å². The lowest BCUT2D eigenvalue weighted by molar-refractivity contribution is 0.00578. The highest BCUT2D eigenvalue weighted by Gasteiger charge is 2.52. The van der Waals surface area contributed by atoms with Gasteiger partial charge in [-0.1, -0.05) is 188 Å². The molecule has 0 N–H and O–H groups in total. The van der Waals surface area contributed by atoms with Gasteiger partial charge in [-0.2, -0.15) is 11.3 Å². The van der Waals surface area contributed by atoms with Crippen LogP contribution >= 0.6 is 97.7 Å². The van der Waals surface area contributed by atoms with Gasteiger partial charge in [0.2, 0.25) is 0 Å². The molecule has 0 radical (unpaired) electrons. The number of rotatable bonds is 39. The third kappa shape index (κ3) is 25.6. The van der Waals surface area contributed by atoms with Gasteiger partial charge < -0.3 is 28.3 Å². The number of unbranched alkanes of at least 4 members (excludes halogenated alkanes) is 20.